The Morgan fingerprint density at radius 3 is 2.90 bits per heavy atom. The van der Waals surface area contributed by atoms with Crippen molar-refractivity contribution in [1.29, 1.82) is 5.26 Å². The summed E-state index contributed by atoms with van der Waals surface area (Å²) in [6.07, 6.45) is 3.14. The number of anilines is 2. The van der Waals surface area contributed by atoms with E-state index in [1.54, 1.807) is 17.9 Å². The molecule has 2 atom stereocenters. The summed E-state index contributed by atoms with van der Waals surface area (Å²) in [5.41, 5.74) is 12.1. The van der Waals surface area contributed by atoms with Gasteiger partial charge < -0.3 is 15.4 Å². The number of aryl methyl sites for hydroxylation is 2. The Bertz CT molecular complexity index is 1190. The number of nitrogens with zero attached hydrogens (tertiary/aromatic N) is 6. The average Bonchev–Trinajstić information content (AvgIpc) is 3.02. The van der Waals surface area contributed by atoms with Crippen LogP contribution in [0.1, 0.15) is 42.0 Å². The highest BCUT2D eigenvalue weighted by Gasteiger charge is 2.34. The first kappa shape index (κ1) is 18.4. The first-order chi connectivity index (χ1) is 14.5. The van der Waals surface area contributed by atoms with Crippen LogP contribution in [0.2, 0.25) is 0 Å². The summed E-state index contributed by atoms with van der Waals surface area (Å²) in [5.74, 6) is 0.495. The fraction of sp³-hybridized carbons (Fsp3) is 0.364. The number of aromatic nitrogens is 4. The van der Waals surface area contributed by atoms with Crippen molar-refractivity contribution in [2.24, 2.45) is 7.05 Å². The largest absolute Gasteiger partial charge is 0.467 e. The molecule has 0 radical (unpaired) electrons. The lowest BCUT2D eigenvalue weighted by Gasteiger charge is -2.44. The molecule has 1 aromatic carbocycles. The van der Waals surface area contributed by atoms with Gasteiger partial charge in [-0.05, 0) is 26.3 Å². The van der Waals surface area contributed by atoms with Crippen LogP contribution < -0.4 is 15.4 Å². The van der Waals surface area contributed by atoms with Crippen LogP contribution in [0.4, 0.5) is 11.5 Å². The number of nitrogen functional groups attached to an aromatic ring is 1. The van der Waals surface area contributed by atoms with E-state index in [9.17, 15) is 5.26 Å². The van der Waals surface area contributed by atoms with Crippen molar-refractivity contribution in [3.8, 4) is 23.2 Å². The molecular formula is C22H23N7O. The first-order valence-electron chi connectivity index (χ1n) is 10.1. The molecule has 1 saturated heterocycles. The topological polar surface area (TPSA) is 106 Å². The summed E-state index contributed by atoms with van der Waals surface area (Å²) < 4.78 is 7.82. The Balaban J connectivity index is 1.73. The molecule has 152 valence electrons. The number of hydrogen-bond acceptors (Lipinski definition) is 7. The van der Waals surface area contributed by atoms with E-state index in [2.05, 4.69) is 51.2 Å². The third kappa shape index (κ3) is 2.77. The highest BCUT2D eigenvalue weighted by molar-refractivity contribution is 5.70. The number of hydrogen-bond donors (Lipinski definition) is 1. The SMILES string of the molecule is Cc1ccc2c(c1)[C@@H](C)Oc1nc(cnc1N)-c1c(nn(C)c1C#N)CC1CCN21. The van der Waals surface area contributed by atoms with E-state index in [-0.39, 0.29) is 17.8 Å². The predicted molar refractivity (Wildman–Crippen MR) is 113 cm³/mol. The van der Waals surface area contributed by atoms with E-state index in [0.29, 0.717) is 23.0 Å². The lowest BCUT2D eigenvalue weighted by Crippen LogP contribution is -2.49. The van der Waals surface area contributed by atoms with Crippen LogP contribution in [0.3, 0.4) is 0 Å². The maximum Gasteiger partial charge on any atom is 0.258 e. The number of rotatable bonds is 0. The Labute approximate surface area is 174 Å². The van der Waals surface area contributed by atoms with E-state index < -0.39 is 0 Å². The highest BCUT2D eigenvalue weighted by atomic mass is 16.5. The van der Waals surface area contributed by atoms with E-state index in [4.69, 9.17) is 10.5 Å². The number of nitriles is 1. The van der Waals surface area contributed by atoms with Crippen LogP contribution in [0.25, 0.3) is 11.3 Å². The van der Waals surface area contributed by atoms with Crippen LogP contribution in [0, 0.1) is 18.3 Å². The van der Waals surface area contributed by atoms with Crippen molar-refractivity contribution in [3.05, 3.63) is 46.9 Å². The van der Waals surface area contributed by atoms with Gasteiger partial charge in [0.25, 0.3) is 5.88 Å². The van der Waals surface area contributed by atoms with Crippen LogP contribution in [-0.4, -0.2) is 32.3 Å². The third-order valence-electron chi connectivity index (χ3n) is 6.04. The molecule has 0 amide bonds. The normalized spacial score (nSPS) is 19.7. The molecule has 8 nitrogen and oxygen atoms in total. The molecule has 1 fully saturated rings. The maximum atomic E-state index is 9.74. The van der Waals surface area contributed by atoms with Gasteiger partial charge in [0.2, 0.25) is 0 Å². The van der Waals surface area contributed by atoms with Gasteiger partial charge in [-0.25, -0.2) is 9.97 Å². The van der Waals surface area contributed by atoms with Crippen molar-refractivity contribution < 1.29 is 4.74 Å². The summed E-state index contributed by atoms with van der Waals surface area (Å²) >= 11 is 0. The maximum absolute atomic E-state index is 9.74. The molecule has 2 aromatic heterocycles. The molecule has 2 N–H and O–H groups in total. The van der Waals surface area contributed by atoms with Gasteiger partial charge in [-0.2, -0.15) is 10.4 Å². The fourth-order valence-corrected chi connectivity index (χ4v) is 4.39. The highest BCUT2D eigenvalue weighted by Crippen LogP contribution is 2.39. The molecule has 5 rings (SSSR count). The summed E-state index contributed by atoms with van der Waals surface area (Å²) in [6, 6.07) is 9.01. The second-order valence-electron chi connectivity index (χ2n) is 8.01. The van der Waals surface area contributed by atoms with E-state index in [0.717, 1.165) is 36.3 Å². The van der Waals surface area contributed by atoms with Crippen molar-refractivity contribution in [2.75, 3.05) is 17.2 Å². The number of benzene rings is 1. The van der Waals surface area contributed by atoms with Gasteiger partial charge in [-0.15, -0.1) is 0 Å². The van der Waals surface area contributed by atoms with Gasteiger partial charge in [0.1, 0.15) is 17.9 Å². The number of ether oxygens (including phenoxy) is 1. The molecular weight excluding hydrogens is 378 g/mol. The minimum Gasteiger partial charge on any atom is -0.467 e. The monoisotopic (exact) mass is 401 g/mol. The fourth-order valence-electron chi connectivity index (χ4n) is 4.39. The summed E-state index contributed by atoms with van der Waals surface area (Å²) in [5, 5.41) is 14.4. The van der Waals surface area contributed by atoms with Crippen molar-refractivity contribution >= 4 is 11.5 Å². The van der Waals surface area contributed by atoms with E-state index >= 15 is 0 Å². The molecule has 4 heterocycles. The molecule has 0 aliphatic carbocycles. The molecule has 30 heavy (non-hydrogen) atoms. The lowest BCUT2D eigenvalue weighted by atomic mass is 9.92. The second-order valence-corrected chi connectivity index (χ2v) is 8.01. The van der Waals surface area contributed by atoms with Gasteiger partial charge in [0, 0.05) is 37.3 Å². The van der Waals surface area contributed by atoms with Crippen molar-refractivity contribution in [3.63, 3.8) is 0 Å². The van der Waals surface area contributed by atoms with Crippen LogP contribution in [0.5, 0.6) is 5.88 Å². The van der Waals surface area contributed by atoms with Crippen molar-refractivity contribution in [1.82, 2.24) is 19.7 Å². The number of fused-ring (bicyclic) bond motifs is 7. The minimum absolute atomic E-state index is 0.225. The predicted octanol–water partition coefficient (Wildman–Crippen LogP) is 2.91. The van der Waals surface area contributed by atoms with Crippen LogP contribution in [0.15, 0.2) is 24.4 Å². The second kappa shape index (κ2) is 6.73. The van der Waals surface area contributed by atoms with Crippen LogP contribution >= 0.6 is 0 Å². The molecule has 3 aromatic rings. The molecule has 2 aliphatic rings. The van der Waals surface area contributed by atoms with E-state index in [1.807, 2.05) is 6.92 Å². The van der Waals surface area contributed by atoms with Gasteiger partial charge in [-0.3, -0.25) is 4.68 Å². The third-order valence-corrected chi connectivity index (χ3v) is 6.04. The Hall–Kier alpha value is -3.60. The van der Waals surface area contributed by atoms with Gasteiger partial charge in [0.05, 0.1) is 23.1 Å². The van der Waals surface area contributed by atoms with E-state index in [1.165, 1.54) is 5.56 Å². The lowest BCUT2D eigenvalue weighted by molar-refractivity contribution is 0.218. The van der Waals surface area contributed by atoms with Gasteiger partial charge in [0.15, 0.2) is 5.82 Å². The molecule has 0 saturated carbocycles. The van der Waals surface area contributed by atoms with Crippen LogP contribution in [-0.2, 0) is 13.5 Å². The zero-order chi connectivity index (χ0) is 21.0. The molecule has 8 heteroatoms. The first-order valence-corrected chi connectivity index (χ1v) is 10.1. The van der Waals surface area contributed by atoms with Gasteiger partial charge >= 0.3 is 0 Å². The molecule has 2 aliphatic heterocycles. The quantitative estimate of drug-likeness (QED) is 0.617. The zero-order valence-electron chi connectivity index (χ0n) is 17.3. The molecule has 2 bridgehead atoms. The Kier molecular flexibility index (Phi) is 4.13. The minimum atomic E-state index is -0.253. The van der Waals surface area contributed by atoms with Crippen molar-refractivity contribution in [2.45, 2.75) is 38.8 Å². The average molecular weight is 401 g/mol. The number of nitrogens with two attached hydrogens (primary N) is 1. The smallest absolute Gasteiger partial charge is 0.258 e. The molecule has 1 unspecified atom stereocenters. The Morgan fingerprint density at radius 2 is 2.17 bits per heavy atom. The summed E-state index contributed by atoms with van der Waals surface area (Å²) in [4.78, 5) is 11.4. The van der Waals surface area contributed by atoms with Gasteiger partial charge in [-0.1, -0.05) is 17.7 Å². The summed E-state index contributed by atoms with van der Waals surface area (Å²) in [6.45, 7) is 5.06. The zero-order valence-corrected chi connectivity index (χ0v) is 17.3. The molecule has 0 spiro atoms. The summed E-state index contributed by atoms with van der Waals surface area (Å²) in [7, 11) is 1.78. The standard InChI is InChI=1S/C22H23N7O/c1-12-4-5-18-15(8-12)13(2)30-22-21(24)25-11-17(26-22)20-16(9-14-6-7-29(14)18)27-28(3)19(20)10-23/h4-5,8,11,13-14H,6-7,9H2,1-3H3,(H2,24,25)/t13-,14?/m1/s1. The Morgan fingerprint density at radius 1 is 1.33 bits per heavy atom.